The van der Waals surface area contributed by atoms with Crippen LogP contribution >= 0.6 is 0 Å². The third-order valence-corrected chi connectivity index (χ3v) is 4.88. The molecule has 1 atom stereocenters. The second kappa shape index (κ2) is 12.4. The summed E-state index contributed by atoms with van der Waals surface area (Å²) in [4.78, 5) is 5.03. The smallest absolute Gasteiger partial charge is 0.0346 e. The lowest BCUT2D eigenvalue weighted by atomic mass is 10.1. The molecule has 1 aliphatic heterocycles. The zero-order chi connectivity index (χ0) is 15.3. The molecule has 0 spiro atoms. The van der Waals surface area contributed by atoms with Crippen LogP contribution in [0.15, 0.2) is 0 Å². The van der Waals surface area contributed by atoms with Gasteiger partial charge in [0, 0.05) is 32.2 Å². The summed E-state index contributed by atoms with van der Waals surface area (Å²) in [5.41, 5.74) is 5.91. The predicted octanol–water partition coefficient (Wildman–Crippen LogP) is 3.48. The van der Waals surface area contributed by atoms with Crippen LogP contribution in [0.4, 0.5) is 0 Å². The molecule has 0 aliphatic carbocycles. The van der Waals surface area contributed by atoms with E-state index in [1.54, 1.807) is 0 Å². The number of unbranched alkanes of at least 4 members (excludes halogenated alkanes) is 9. The Morgan fingerprint density at radius 3 is 2.00 bits per heavy atom. The summed E-state index contributed by atoms with van der Waals surface area (Å²) in [6.45, 7) is 7.90. The van der Waals surface area contributed by atoms with Gasteiger partial charge < -0.3 is 10.6 Å². The summed E-state index contributed by atoms with van der Waals surface area (Å²) in [6.07, 6.45) is 14.2. The van der Waals surface area contributed by atoms with Gasteiger partial charge in [-0.3, -0.25) is 4.90 Å². The topological polar surface area (TPSA) is 32.5 Å². The Balaban J connectivity index is 1.91. The van der Waals surface area contributed by atoms with E-state index in [1.165, 1.54) is 83.8 Å². The summed E-state index contributed by atoms with van der Waals surface area (Å²) in [7, 11) is 2.21. The predicted molar refractivity (Wildman–Crippen MR) is 93.8 cm³/mol. The lowest BCUT2D eigenvalue weighted by Gasteiger charge is -2.39. The molecular formula is C18H39N3. The Hall–Kier alpha value is -0.120. The molecule has 3 nitrogen and oxygen atoms in total. The number of piperazine rings is 1. The molecule has 0 aromatic heterocycles. The third kappa shape index (κ3) is 8.80. The molecule has 1 saturated heterocycles. The number of hydrogen-bond donors (Lipinski definition) is 1. The Labute approximate surface area is 133 Å². The number of rotatable bonds is 12. The van der Waals surface area contributed by atoms with E-state index >= 15 is 0 Å². The highest BCUT2D eigenvalue weighted by Crippen LogP contribution is 2.12. The Kier molecular flexibility index (Phi) is 11.2. The number of nitrogens with two attached hydrogens (primary N) is 1. The van der Waals surface area contributed by atoms with Crippen molar-refractivity contribution >= 4 is 0 Å². The molecule has 1 heterocycles. The molecule has 0 aromatic carbocycles. The molecule has 2 N–H and O–H groups in total. The van der Waals surface area contributed by atoms with Crippen LogP contribution in [0.2, 0.25) is 0 Å². The summed E-state index contributed by atoms with van der Waals surface area (Å²) < 4.78 is 0. The highest BCUT2D eigenvalue weighted by atomic mass is 15.3. The summed E-state index contributed by atoms with van der Waals surface area (Å²) in [5, 5.41) is 0. The zero-order valence-corrected chi connectivity index (χ0v) is 14.7. The first-order valence-corrected chi connectivity index (χ1v) is 9.40. The molecule has 0 aromatic rings. The highest BCUT2D eigenvalue weighted by molar-refractivity contribution is 4.81. The van der Waals surface area contributed by atoms with E-state index in [4.69, 9.17) is 5.73 Å². The van der Waals surface area contributed by atoms with E-state index in [9.17, 15) is 0 Å². The number of hydrogen-bond acceptors (Lipinski definition) is 3. The van der Waals surface area contributed by atoms with Crippen molar-refractivity contribution in [3.05, 3.63) is 0 Å². The van der Waals surface area contributed by atoms with E-state index in [0.717, 1.165) is 13.1 Å². The lowest BCUT2D eigenvalue weighted by molar-refractivity contribution is 0.0927. The fourth-order valence-corrected chi connectivity index (χ4v) is 3.37. The van der Waals surface area contributed by atoms with Crippen molar-refractivity contribution in [2.45, 2.75) is 77.2 Å². The Morgan fingerprint density at radius 1 is 0.857 bits per heavy atom. The van der Waals surface area contributed by atoms with Crippen molar-refractivity contribution in [1.29, 1.82) is 0 Å². The SMILES string of the molecule is CCCCCCCCCCCCN1CCN(C)CC1CN. The molecule has 1 fully saturated rings. The molecule has 0 radical (unpaired) electrons. The monoisotopic (exact) mass is 297 g/mol. The average molecular weight is 298 g/mol. The Bertz CT molecular complexity index is 233. The van der Waals surface area contributed by atoms with Crippen molar-refractivity contribution in [1.82, 2.24) is 9.80 Å². The fraction of sp³-hybridized carbons (Fsp3) is 1.00. The van der Waals surface area contributed by atoms with E-state index in [2.05, 4.69) is 23.8 Å². The molecule has 126 valence electrons. The van der Waals surface area contributed by atoms with Gasteiger partial charge in [-0.25, -0.2) is 0 Å². The van der Waals surface area contributed by atoms with Crippen molar-refractivity contribution in [2.75, 3.05) is 39.8 Å². The maximum Gasteiger partial charge on any atom is 0.0346 e. The second-order valence-corrected chi connectivity index (χ2v) is 6.87. The zero-order valence-electron chi connectivity index (χ0n) is 14.7. The van der Waals surface area contributed by atoms with Crippen LogP contribution in [0.1, 0.15) is 71.1 Å². The minimum absolute atomic E-state index is 0.585. The molecule has 0 bridgehead atoms. The van der Waals surface area contributed by atoms with Gasteiger partial charge in [-0.2, -0.15) is 0 Å². The summed E-state index contributed by atoms with van der Waals surface area (Å²) in [6, 6.07) is 0.585. The molecule has 3 heteroatoms. The lowest BCUT2D eigenvalue weighted by Crippen LogP contribution is -2.54. The molecule has 0 saturated carbocycles. The maximum absolute atomic E-state index is 5.91. The van der Waals surface area contributed by atoms with Crippen LogP contribution < -0.4 is 5.73 Å². The largest absolute Gasteiger partial charge is 0.329 e. The molecular weight excluding hydrogens is 258 g/mol. The fourth-order valence-electron chi connectivity index (χ4n) is 3.37. The van der Waals surface area contributed by atoms with Crippen molar-refractivity contribution < 1.29 is 0 Å². The van der Waals surface area contributed by atoms with Crippen LogP contribution in [-0.4, -0.2) is 55.6 Å². The van der Waals surface area contributed by atoms with Crippen LogP contribution in [-0.2, 0) is 0 Å². The minimum Gasteiger partial charge on any atom is -0.329 e. The van der Waals surface area contributed by atoms with Gasteiger partial charge in [-0.05, 0) is 20.0 Å². The van der Waals surface area contributed by atoms with Crippen molar-refractivity contribution in [3.63, 3.8) is 0 Å². The highest BCUT2D eigenvalue weighted by Gasteiger charge is 2.23. The van der Waals surface area contributed by atoms with Crippen molar-refractivity contribution in [2.24, 2.45) is 5.73 Å². The quantitative estimate of drug-likeness (QED) is 0.560. The van der Waals surface area contributed by atoms with Crippen LogP contribution in [0.5, 0.6) is 0 Å². The molecule has 0 amide bonds. The van der Waals surface area contributed by atoms with Gasteiger partial charge >= 0.3 is 0 Å². The van der Waals surface area contributed by atoms with Gasteiger partial charge in [0.25, 0.3) is 0 Å². The van der Waals surface area contributed by atoms with Gasteiger partial charge in [0.1, 0.15) is 0 Å². The molecule has 1 unspecified atom stereocenters. The van der Waals surface area contributed by atoms with E-state index < -0.39 is 0 Å². The van der Waals surface area contributed by atoms with Crippen molar-refractivity contribution in [3.8, 4) is 0 Å². The van der Waals surface area contributed by atoms with Crippen LogP contribution in [0.3, 0.4) is 0 Å². The summed E-state index contributed by atoms with van der Waals surface area (Å²) >= 11 is 0. The first-order valence-electron chi connectivity index (χ1n) is 9.40. The standard InChI is InChI=1S/C18H39N3/c1-3-4-5-6-7-8-9-10-11-12-13-21-15-14-20(2)17-18(21)16-19/h18H,3-17,19H2,1-2H3. The van der Waals surface area contributed by atoms with Gasteiger partial charge in [0.2, 0.25) is 0 Å². The first-order chi connectivity index (χ1) is 10.3. The molecule has 1 rings (SSSR count). The van der Waals surface area contributed by atoms with Gasteiger partial charge in [0.05, 0.1) is 0 Å². The number of nitrogens with zero attached hydrogens (tertiary/aromatic N) is 2. The van der Waals surface area contributed by atoms with Gasteiger partial charge in [-0.1, -0.05) is 64.7 Å². The maximum atomic E-state index is 5.91. The molecule has 21 heavy (non-hydrogen) atoms. The second-order valence-electron chi connectivity index (χ2n) is 6.87. The van der Waals surface area contributed by atoms with Gasteiger partial charge in [-0.15, -0.1) is 0 Å². The van der Waals surface area contributed by atoms with Gasteiger partial charge in [0.15, 0.2) is 0 Å². The summed E-state index contributed by atoms with van der Waals surface area (Å²) in [5.74, 6) is 0. The number of likely N-dealkylation sites (N-methyl/N-ethyl adjacent to an activating group) is 1. The Morgan fingerprint density at radius 2 is 1.43 bits per heavy atom. The molecule has 1 aliphatic rings. The minimum atomic E-state index is 0.585. The third-order valence-electron chi connectivity index (χ3n) is 4.88. The average Bonchev–Trinajstić information content (AvgIpc) is 2.50. The normalized spacial score (nSPS) is 21.0. The van der Waals surface area contributed by atoms with Crippen LogP contribution in [0, 0.1) is 0 Å². The van der Waals surface area contributed by atoms with Crippen LogP contribution in [0.25, 0.3) is 0 Å². The van der Waals surface area contributed by atoms with E-state index in [0.29, 0.717) is 6.04 Å². The first kappa shape index (κ1) is 18.9. The van der Waals surface area contributed by atoms with E-state index in [-0.39, 0.29) is 0 Å². The van der Waals surface area contributed by atoms with E-state index in [1.807, 2.05) is 0 Å².